The van der Waals surface area contributed by atoms with Crippen LogP contribution in [-0.4, -0.2) is 39.7 Å². The van der Waals surface area contributed by atoms with Gasteiger partial charge in [-0.3, -0.25) is 4.79 Å². The van der Waals surface area contributed by atoms with Gasteiger partial charge in [-0.1, -0.05) is 35.3 Å². The lowest BCUT2D eigenvalue weighted by atomic mass is 10.1. The van der Waals surface area contributed by atoms with E-state index in [2.05, 4.69) is 15.0 Å². The summed E-state index contributed by atoms with van der Waals surface area (Å²) in [7, 11) is -0.761. The minimum absolute atomic E-state index is 0.0161. The van der Waals surface area contributed by atoms with Crippen molar-refractivity contribution in [1.82, 2.24) is 4.31 Å². The van der Waals surface area contributed by atoms with Crippen molar-refractivity contribution in [3.8, 4) is 0 Å². The van der Waals surface area contributed by atoms with Gasteiger partial charge in [0, 0.05) is 19.2 Å². The van der Waals surface area contributed by atoms with Crippen molar-refractivity contribution < 1.29 is 14.7 Å². The number of hydrogen-bond acceptors (Lipinski definition) is 3. The summed E-state index contributed by atoms with van der Waals surface area (Å²) in [6.07, 6.45) is 2.30. The Morgan fingerprint density at radius 1 is 1.11 bits per heavy atom. The van der Waals surface area contributed by atoms with Crippen LogP contribution in [-0.2, 0) is 10.7 Å². The Labute approximate surface area is 176 Å². The molecule has 0 spiro atoms. The number of benzene rings is 2. The second-order valence-electron chi connectivity index (χ2n) is 6.35. The van der Waals surface area contributed by atoms with Crippen LogP contribution < -0.4 is 5.32 Å². The number of halogens is 2. The lowest BCUT2D eigenvalue weighted by Crippen LogP contribution is -2.24. The third-order valence-corrected chi connectivity index (χ3v) is 7.68. The third-order valence-electron chi connectivity index (χ3n) is 4.57. The maximum atomic E-state index is 12.9. The number of carbonyl (C=O) groups excluding carboxylic acids is 1. The van der Waals surface area contributed by atoms with E-state index in [1.165, 1.54) is 6.07 Å². The van der Waals surface area contributed by atoms with E-state index in [4.69, 9.17) is 23.2 Å². The molecule has 1 aliphatic heterocycles. The molecule has 0 aromatic heterocycles. The van der Waals surface area contributed by atoms with E-state index in [9.17, 15) is 14.7 Å². The molecule has 0 bridgehead atoms. The zero-order chi connectivity index (χ0) is 20.3. The smallest absolute Gasteiger partial charge is 0.337 e. The van der Waals surface area contributed by atoms with Gasteiger partial charge in [-0.15, -0.1) is 0 Å². The molecule has 1 atom stereocenters. The fourth-order valence-corrected chi connectivity index (χ4v) is 6.12. The molecule has 1 saturated heterocycles. The Kier molecular flexibility index (Phi) is 6.78. The van der Waals surface area contributed by atoms with Crippen molar-refractivity contribution in [2.45, 2.75) is 24.7 Å². The fourth-order valence-electron chi connectivity index (χ4n) is 3.23. The number of aromatic carboxylic acids is 1. The van der Waals surface area contributed by atoms with E-state index < -0.39 is 22.5 Å². The van der Waals surface area contributed by atoms with Gasteiger partial charge in [-0.25, -0.2) is 4.79 Å². The van der Waals surface area contributed by atoms with E-state index in [1.54, 1.807) is 30.3 Å². The van der Waals surface area contributed by atoms with Crippen LogP contribution in [0.25, 0.3) is 0 Å². The van der Waals surface area contributed by atoms with Crippen LogP contribution in [0, 0.1) is 0 Å². The molecule has 1 aliphatic rings. The highest BCUT2D eigenvalue weighted by atomic mass is 35.5. The Morgan fingerprint density at radius 2 is 1.79 bits per heavy atom. The Bertz CT molecular complexity index is 956. The lowest BCUT2D eigenvalue weighted by molar-refractivity contribution is 0.0698. The summed E-state index contributed by atoms with van der Waals surface area (Å²) >= 11 is 12.8. The van der Waals surface area contributed by atoms with Gasteiger partial charge < -0.3 is 10.4 Å². The number of anilines is 1. The molecule has 2 N–H and O–H groups in total. The SMILES string of the molecule is CC=[SH+](c1cc(C(=O)Nc2ccccc2C(=O)O)c(Cl)cc1Cl)N1CCCC1. The van der Waals surface area contributed by atoms with Gasteiger partial charge in [0.05, 0.1) is 32.2 Å². The number of nitrogens with one attached hydrogen (secondary N) is 1. The van der Waals surface area contributed by atoms with Crippen LogP contribution >= 0.6 is 23.2 Å². The van der Waals surface area contributed by atoms with Crippen LogP contribution in [0.3, 0.4) is 0 Å². The standard InChI is InChI=1S/C20H20Cl2N2O3S/c1-2-28(24-9-5-6-10-24)18-11-14(15(21)12-16(18)22)19(25)23-17-8-4-3-7-13(17)20(26)27/h2-4,7-8,11-12H,5-6,9-10H2,1H3,(H,23,25)(H,26,27)/p+1. The zero-order valence-corrected chi connectivity index (χ0v) is 17.7. The highest BCUT2D eigenvalue weighted by molar-refractivity contribution is 7.93. The summed E-state index contributed by atoms with van der Waals surface area (Å²) in [6, 6.07) is 9.57. The number of amides is 1. The minimum atomic E-state index is -1.11. The summed E-state index contributed by atoms with van der Waals surface area (Å²) in [6.45, 7) is 4.00. The average Bonchev–Trinajstić information content (AvgIpc) is 3.18. The number of carboxylic acid groups (broad SMARTS) is 1. The van der Waals surface area contributed by atoms with Gasteiger partial charge in [0.2, 0.25) is 0 Å². The van der Waals surface area contributed by atoms with Crippen LogP contribution in [0.5, 0.6) is 0 Å². The number of nitrogens with zero attached hydrogens (tertiary/aromatic N) is 1. The second kappa shape index (κ2) is 9.09. The number of hydrogen-bond donors (Lipinski definition) is 2. The molecule has 0 aliphatic carbocycles. The van der Waals surface area contributed by atoms with E-state index in [0.29, 0.717) is 5.02 Å². The molecule has 1 amide bonds. The molecule has 2 aromatic carbocycles. The third kappa shape index (κ3) is 4.41. The second-order valence-corrected chi connectivity index (χ2v) is 9.42. The maximum absolute atomic E-state index is 12.9. The van der Waals surface area contributed by atoms with Crippen molar-refractivity contribution in [2.24, 2.45) is 0 Å². The first-order valence-corrected chi connectivity index (χ1v) is 11.0. The van der Waals surface area contributed by atoms with Gasteiger partial charge in [0.1, 0.15) is 0 Å². The molecule has 1 unspecified atom stereocenters. The monoisotopic (exact) mass is 439 g/mol. The summed E-state index contributed by atoms with van der Waals surface area (Å²) in [5.41, 5.74) is 0.508. The highest BCUT2D eigenvalue weighted by Gasteiger charge is 2.26. The van der Waals surface area contributed by atoms with Crippen molar-refractivity contribution in [2.75, 3.05) is 18.4 Å². The summed E-state index contributed by atoms with van der Waals surface area (Å²) in [5.74, 6) is -1.58. The van der Waals surface area contributed by atoms with E-state index in [1.807, 2.05) is 6.92 Å². The molecule has 8 heteroatoms. The molecule has 1 fully saturated rings. The van der Waals surface area contributed by atoms with Gasteiger partial charge in [-0.05, 0) is 48.6 Å². The van der Waals surface area contributed by atoms with Gasteiger partial charge in [0.15, 0.2) is 4.90 Å². The van der Waals surface area contributed by atoms with E-state index >= 15 is 0 Å². The van der Waals surface area contributed by atoms with Crippen molar-refractivity contribution in [3.05, 3.63) is 57.6 Å². The van der Waals surface area contributed by atoms with Crippen molar-refractivity contribution >= 4 is 56.8 Å². The molecular weight excluding hydrogens is 419 g/mol. The Hall–Kier alpha value is -1.86. The quantitative estimate of drug-likeness (QED) is 0.409. The van der Waals surface area contributed by atoms with Gasteiger partial charge in [-0.2, -0.15) is 4.31 Å². The number of carboxylic acids is 1. The molecule has 3 rings (SSSR count). The minimum Gasteiger partial charge on any atom is -0.478 e. The molecule has 0 radical (unpaired) electrons. The molecular formula is C20H21Cl2N2O3S+. The van der Waals surface area contributed by atoms with Crippen molar-refractivity contribution in [1.29, 1.82) is 0 Å². The Balaban J connectivity index is 1.96. The molecule has 0 saturated carbocycles. The Morgan fingerprint density at radius 3 is 2.43 bits per heavy atom. The van der Waals surface area contributed by atoms with Crippen LogP contribution in [0.15, 0.2) is 41.3 Å². The molecule has 5 nitrogen and oxygen atoms in total. The van der Waals surface area contributed by atoms with E-state index in [-0.39, 0.29) is 21.8 Å². The summed E-state index contributed by atoms with van der Waals surface area (Å²) < 4.78 is 2.38. The van der Waals surface area contributed by atoms with E-state index in [0.717, 1.165) is 30.8 Å². The van der Waals surface area contributed by atoms with Crippen LogP contribution in [0.2, 0.25) is 10.0 Å². The predicted octanol–water partition coefficient (Wildman–Crippen LogP) is 4.49. The molecule has 2 aromatic rings. The van der Waals surface area contributed by atoms with Gasteiger partial charge >= 0.3 is 5.97 Å². The topological polar surface area (TPSA) is 69.6 Å². The van der Waals surface area contributed by atoms with Crippen LogP contribution in [0.4, 0.5) is 5.69 Å². The number of thiol groups is 1. The van der Waals surface area contributed by atoms with Gasteiger partial charge in [0.25, 0.3) is 5.91 Å². The molecule has 148 valence electrons. The molecule has 28 heavy (non-hydrogen) atoms. The average molecular weight is 440 g/mol. The number of rotatable bonds is 5. The zero-order valence-electron chi connectivity index (χ0n) is 15.3. The molecule has 1 heterocycles. The number of para-hydroxylation sites is 1. The lowest BCUT2D eigenvalue weighted by Gasteiger charge is -2.16. The normalized spacial score (nSPS) is 15.5. The first-order valence-electron chi connectivity index (χ1n) is 8.88. The van der Waals surface area contributed by atoms with Crippen LogP contribution in [0.1, 0.15) is 40.5 Å². The summed E-state index contributed by atoms with van der Waals surface area (Å²) in [5, 5.41) is 14.8. The maximum Gasteiger partial charge on any atom is 0.337 e. The highest BCUT2D eigenvalue weighted by Crippen LogP contribution is 2.31. The number of carbonyl (C=O) groups is 2. The predicted molar refractivity (Wildman–Crippen MR) is 117 cm³/mol. The fraction of sp³-hybridized carbons (Fsp3) is 0.250. The van der Waals surface area contributed by atoms with Crippen molar-refractivity contribution in [3.63, 3.8) is 0 Å². The first kappa shape index (κ1) is 20.9. The summed E-state index contributed by atoms with van der Waals surface area (Å²) in [4.78, 5) is 25.1. The largest absolute Gasteiger partial charge is 0.478 e. The first-order chi connectivity index (χ1) is 13.4.